The van der Waals surface area contributed by atoms with Crippen LogP contribution < -0.4 is 0 Å². The Labute approximate surface area is 121 Å². The summed E-state index contributed by atoms with van der Waals surface area (Å²) >= 11 is 0. The summed E-state index contributed by atoms with van der Waals surface area (Å²) in [5.74, 6) is -0.474. The Kier molecular flexibility index (Phi) is 7.88. The molecule has 1 rings (SSSR count). The van der Waals surface area contributed by atoms with Crippen molar-refractivity contribution in [3.63, 3.8) is 0 Å². The summed E-state index contributed by atoms with van der Waals surface area (Å²) in [7, 11) is 1.32. The number of hydrogen-bond acceptors (Lipinski definition) is 4. The molecule has 0 aliphatic rings. The Morgan fingerprint density at radius 1 is 1.25 bits per heavy atom. The molecule has 0 aromatic carbocycles. The van der Waals surface area contributed by atoms with Crippen LogP contribution in [0.5, 0.6) is 0 Å². The van der Waals surface area contributed by atoms with Crippen LogP contribution >= 0.6 is 0 Å². The van der Waals surface area contributed by atoms with Crippen LogP contribution in [0.25, 0.3) is 0 Å². The third-order valence-electron chi connectivity index (χ3n) is 3.34. The van der Waals surface area contributed by atoms with Crippen molar-refractivity contribution < 1.29 is 14.6 Å². The molecule has 0 fully saturated rings. The minimum Gasteiger partial charge on any atom is -0.464 e. The number of hydrogen-bond donors (Lipinski definition) is 1. The first kappa shape index (κ1) is 16.6. The fourth-order valence-electron chi connectivity index (χ4n) is 2.12. The first-order valence-electron chi connectivity index (χ1n) is 7.42. The lowest BCUT2D eigenvalue weighted by Crippen LogP contribution is -2.08. The van der Waals surface area contributed by atoms with E-state index in [4.69, 9.17) is 0 Å². The van der Waals surface area contributed by atoms with Crippen LogP contribution in [-0.4, -0.2) is 23.2 Å². The lowest BCUT2D eigenvalue weighted by Gasteiger charge is -2.10. The average molecular weight is 279 g/mol. The molecule has 1 N–H and O–H groups in total. The molecule has 1 heterocycles. The minimum absolute atomic E-state index is 0.243. The van der Waals surface area contributed by atoms with Crippen molar-refractivity contribution in [2.75, 3.05) is 7.11 Å². The Bertz CT molecular complexity index is 406. The van der Waals surface area contributed by atoms with Crippen molar-refractivity contribution in [1.82, 2.24) is 4.98 Å². The lowest BCUT2D eigenvalue weighted by molar-refractivity contribution is 0.0592. The van der Waals surface area contributed by atoms with Gasteiger partial charge in [0.15, 0.2) is 0 Å². The number of carbonyl (C=O) groups excluding carboxylic acids is 1. The number of rotatable bonds is 9. The number of aliphatic hydroxyl groups is 1. The van der Waals surface area contributed by atoms with E-state index in [1.54, 1.807) is 18.2 Å². The van der Waals surface area contributed by atoms with Gasteiger partial charge in [-0.15, -0.1) is 0 Å². The molecule has 0 saturated carbocycles. The molecule has 1 aromatic heterocycles. The number of ether oxygens (including phenoxy) is 1. The van der Waals surface area contributed by atoms with Crippen LogP contribution in [0.3, 0.4) is 0 Å². The van der Waals surface area contributed by atoms with E-state index >= 15 is 0 Å². The molecular formula is C16H25NO3. The number of methoxy groups -OCH3 is 1. The molecule has 112 valence electrons. The van der Waals surface area contributed by atoms with Crippen molar-refractivity contribution in [3.8, 4) is 0 Å². The zero-order chi connectivity index (χ0) is 14.8. The first-order chi connectivity index (χ1) is 9.69. The Balaban J connectivity index is 2.39. The van der Waals surface area contributed by atoms with E-state index < -0.39 is 12.1 Å². The van der Waals surface area contributed by atoms with E-state index in [9.17, 15) is 9.90 Å². The molecule has 0 bridgehead atoms. The third kappa shape index (κ3) is 5.70. The Morgan fingerprint density at radius 3 is 2.65 bits per heavy atom. The minimum atomic E-state index is -0.606. The number of aliphatic hydroxyl groups excluding tert-OH is 1. The van der Waals surface area contributed by atoms with Gasteiger partial charge in [0.25, 0.3) is 0 Å². The first-order valence-corrected chi connectivity index (χ1v) is 7.42. The van der Waals surface area contributed by atoms with Crippen molar-refractivity contribution in [2.45, 2.75) is 58.0 Å². The van der Waals surface area contributed by atoms with Crippen molar-refractivity contribution in [2.24, 2.45) is 0 Å². The largest absolute Gasteiger partial charge is 0.464 e. The van der Waals surface area contributed by atoms with E-state index in [2.05, 4.69) is 16.6 Å². The van der Waals surface area contributed by atoms with Crippen LogP contribution in [0, 0.1) is 0 Å². The third-order valence-corrected chi connectivity index (χ3v) is 3.34. The molecule has 0 amide bonds. The van der Waals surface area contributed by atoms with Gasteiger partial charge in [0.1, 0.15) is 5.69 Å². The molecule has 0 aliphatic carbocycles. The molecule has 1 aromatic rings. The number of unbranched alkanes of at least 4 members (excludes halogenated alkanes) is 5. The smallest absolute Gasteiger partial charge is 0.356 e. The van der Waals surface area contributed by atoms with E-state index in [1.807, 2.05) is 0 Å². The number of nitrogens with zero attached hydrogens (tertiary/aromatic N) is 1. The fourth-order valence-corrected chi connectivity index (χ4v) is 2.12. The van der Waals surface area contributed by atoms with Gasteiger partial charge < -0.3 is 9.84 Å². The maximum atomic E-state index is 11.4. The highest BCUT2D eigenvalue weighted by atomic mass is 16.5. The van der Waals surface area contributed by atoms with Crippen LogP contribution in [-0.2, 0) is 4.74 Å². The van der Waals surface area contributed by atoms with E-state index in [-0.39, 0.29) is 5.69 Å². The zero-order valence-corrected chi connectivity index (χ0v) is 12.5. The van der Waals surface area contributed by atoms with Gasteiger partial charge in [0, 0.05) is 0 Å². The summed E-state index contributed by atoms with van der Waals surface area (Å²) in [5, 5.41) is 10.1. The molecule has 0 saturated heterocycles. The van der Waals surface area contributed by atoms with Gasteiger partial charge in [-0.1, -0.05) is 51.5 Å². The van der Waals surface area contributed by atoms with Gasteiger partial charge in [-0.3, -0.25) is 0 Å². The Morgan fingerprint density at radius 2 is 1.95 bits per heavy atom. The summed E-state index contributed by atoms with van der Waals surface area (Å²) in [6.45, 7) is 2.20. The van der Waals surface area contributed by atoms with Gasteiger partial charge in [-0.2, -0.15) is 0 Å². The molecule has 0 radical (unpaired) electrons. The Hall–Kier alpha value is -1.42. The molecule has 20 heavy (non-hydrogen) atoms. The molecule has 1 atom stereocenters. The predicted octanol–water partition coefficient (Wildman–Crippen LogP) is 3.65. The second-order valence-corrected chi connectivity index (χ2v) is 5.01. The second kappa shape index (κ2) is 9.48. The van der Waals surface area contributed by atoms with Gasteiger partial charge >= 0.3 is 5.97 Å². The molecule has 0 aliphatic heterocycles. The predicted molar refractivity (Wildman–Crippen MR) is 78.5 cm³/mol. The lowest BCUT2D eigenvalue weighted by atomic mass is 10.0. The standard InChI is InChI=1S/C16H25NO3/c1-3-4-5-6-7-8-12-15(18)13-10-9-11-14(17-13)16(19)20-2/h9-11,15,18H,3-8,12H2,1-2H3. The molecule has 1 unspecified atom stereocenters. The highest BCUT2D eigenvalue weighted by Crippen LogP contribution is 2.19. The van der Waals surface area contributed by atoms with Gasteiger partial charge in [-0.25, -0.2) is 9.78 Å². The summed E-state index contributed by atoms with van der Waals surface area (Å²) in [6.07, 6.45) is 7.20. The SMILES string of the molecule is CCCCCCCCC(O)c1cccc(C(=O)OC)n1. The van der Waals surface area contributed by atoms with Gasteiger partial charge in [0.2, 0.25) is 0 Å². The highest BCUT2D eigenvalue weighted by molar-refractivity contribution is 5.87. The van der Waals surface area contributed by atoms with E-state index in [1.165, 1.54) is 32.8 Å². The topological polar surface area (TPSA) is 59.4 Å². The van der Waals surface area contributed by atoms with Crippen LogP contribution in [0.1, 0.15) is 74.2 Å². The van der Waals surface area contributed by atoms with Crippen molar-refractivity contribution in [3.05, 3.63) is 29.6 Å². The fraction of sp³-hybridized carbons (Fsp3) is 0.625. The monoisotopic (exact) mass is 279 g/mol. The summed E-state index contributed by atoms with van der Waals surface area (Å²) in [4.78, 5) is 15.5. The normalized spacial score (nSPS) is 12.2. The maximum Gasteiger partial charge on any atom is 0.356 e. The molecular weight excluding hydrogens is 254 g/mol. The quantitative estimate of drug-likeness (QED) is 0.553. The zero-order valence-electron chi connectivity index (χ0n) is 12.5. The number of aromatic nitrogens is 1. The van der Waals surface area contributed by atoms with Crippen LogP contribution in [0.4, 0.5) is 0 Å². The molecule has 4 nitrogen and oxygen atoms in total. The molecule has 4 heteroatoms. The van der Waals surface area contributed by atoms with Gasteiger partial charge in [0.05, 0.1) is 18.9 Å². The summed E-state index contributed by atoms with van der Waals surface area (Å²) in [5.41, 5.74) is 0.786. The van der Waals surface area contributed by atoms with Crippen molar-refractivity contribution >= 4 is 5.97 Å². The number of esters is 1. The van der Waals surface area contributed by atoms with E-state index in [0.717, 1.165) is 12.8 Å². The molecule has 0 spiro atoms. The highest BCUT2D eigenvalue weighted by Gasteiger charge is 2.12. The second-order valence-electron chi connectivity index (χ2n) is 5.01. The number of carbonyl (C=O) groups is 1. The van der Waals surface area contributed by atoms with Gasteiger partial charge in [-0.05, 0) is 18.6 Å². The number of pyridine rings is 1. The van der Waals surface area contributed by atoms with Crippen LogP contribution in [0.2, 0.25) is 0 Å². The average Bonchev–Trinajstić information content (AvgIpc) is 2.49. The van der Waals surface area contributed by atoms with Crippen molar-refractivity contribution in [1.29, 1.82) is 0 Å². The summed E-state index contributed by atoms with van der Waals surface area (Å²) in [6, 6.07) is 5.06. The van der Waals surface area contributed by atoms with E-state index in [0.29, 0.717) is 12.1 Å². The van der Waals surface area contributed by atoms with Crippen LogP contribution in [0.15, 0.2) is 18.2 Å². The maximum absolute atomic E-state index is 11.4. The summed E-state index contributed by atoms with van der Waals surface area (Å²) < 4.78 is 4.62.